The topological polar surface area (TPSA) is 107 Å². The first kappa shape index (κ1) is 23.7. The molecule has 0 fully saturated rings. The van der Waals surface area contributed by atoms with Crippen LogP contribution in [-0.2, 0) is 11.3 Å². The van der Waals surface area contributed by atoms with E-state index in [1.807, 2.05) is 49.4 Å². The van der Waals surface area contributed by atoms with Crippen molar-refractivity contribution in [2.24, 2.45) is 0 Å². The zero-order valence-electron chi connectivity index (χ0n) is 19.0. The summed E-state index contributed by atoms with van der Waals surface area (Å²) in [6, 6.07) is 14.2. The third-order valence-corrected chi connectivity index (χ3v) is 6.12. The van der Waals surface area contributed by atoms with Gasteiger partial charge in [-0.15, -0.1) is 0 Å². The first-order valence-electron chi connectivity index (χ1n) is 11.1. The highest BCUT2D eigenvalue weighted by Gasteiger charge is 2.31. The third-order valence-electron chi connectivity index (χ3n) is 5.84. The fraction of sp³-hybridized carbons (Fsp3) is 0.280. The van der Waals surface area contributed by atoms with E-state index in [-0.39, 0.29) is 18.4 Å². The number of nitrogens with one attached hydrogen (secondary N) is 2. The Morgan fingerprint density at radius 3 is 2.71 bits per heavy atom. The number of fused-ring (bicyclic) bond motifs is 1. The third kappa shape index (κ3) is 4.88. The fourth-order valence-electron chi connectivity index (χ4n) is 4.02. The molecule has 2 atom stereocenters. The van der Waals surface area contributed by atoms with Gasteiger partial charge in [-0.05, 0) is 23.6 Å². The van der Waals surface area contributed by atoms with E-state index in [1.165, 1.54) is 11.1 Å². The smallest absolute Gasteiger partial charge is 0.254 e. The zero-order valence-corrected chi connectivity index (χ0v) is 19.7. The molecule has 0 saturated carbocycles. The van der Waals surface area contributed by atoms with Gasteiger partial charge in [0.2, 0.25) is 11.9 Å². The van der Waals surface area contributed by atoms with Crippen LogP contribution < -0.4 is 10.6 Å². The minimum atomic E-state index is -0.736. The van der Waals surface area contributed by atoms with E-state index in [9.17, 15) is 14.7 Å². The van der Waals surface area contributed by atoms with Gasteiger partial charge in [-0.25, -0.2) is 9.97 Å². The molecular formula is C25H26ClN5O3. The van der Waals surface area contributed by atoms with Crippen LogP contribution in [0.2, 0.25) is 5.02 Å². The number of aromatic nitrogens is 2. The summed E-state index contributed by atoms with van der Waals surface area (Å²) >= 11 is 6.29. The second kappa shape index (κ2) is 10.2. The van der Waals surface area contributed by atoms with Crippen molar-refractivity contribution in [2.45, 2.75) is 32.0 Å². The number of carbonyl (C=O) groups excluding carboxylic acids is 2. The largest absolute Gasteiger partial charge is 0.391 e. The van der Waals surface area contributed by atoms with Crippen LogP contribution in [0.25, 0.3) is 11.3 Å². The molecule has 0 spiro atoms. The number of benzene rings is 2. The molecule has 0 unspecified atom stereocenters. The van der Waals surface area contributed by atoms with Crippen LogP contribution in [-0.4, -0.2) is 51.5 Å². The van der Waals surface area contributed by atoms with Gasteiger partial charge in [-0.1, -0.05) is 61.0 Å². The Bertz CT molecular complexity index is 1200. The highest BCUT2D eigenvalue weighted by molar-refractivity contribution is 6.33. The number of aliphatic hydroxyl groups is 1. The van der Waals surface area contributed by atoms with Crippen molar-refractivity contribution >= 4 is 29.4 Å². The van der Waals surface area contributed by atoms with Gasteiger partial charge in [0, 0.05) is 24.7 Å². The average molecular weight is 480 g/mol. The van der Waals surface area contributed by atoms with Gasteiger partial charge in [0.15, 0.2) is 0 Å². The maximum Gasteiger partial charge on any atom is 0.254 e. The number of hydrogen-bond donors (Lipinski definition) is 3. The average Bonchev–Trinajstić information content (AvgIpc) is 3.17. The SMILES string of the molecule is CC[C@H](O)[C@@H](NC(=O)CN1Cc2ccc(-c3nc(NC)ncc3Cl)cc2C1=O)c1ccccc1. The van der Waals surface area contributed by atoms with Crippen LogP contribution in [0, 0.1) is 0 Å². The quantitative estimate of drug-likeness (QED) is 0.457. The maximum atomic E-state index is 13.1. The van der Waals surface area contributed by atoms with Gasteiger partial charge in [-0.3, -0.25) is 9.59 Å². The molecule has 9 heteroatoms. The summed E-state index contributed by atoms with van der Waals surface area (Å²) in [5, 5.41) is 16.6. The van der Waals surface area contributed by atoms with E-state index < -0.39 is 12.1 Å². The summed E-state index contributed by atoms with van der Waals surface area (Å²) in [6.07, 6.45) is 1.26. The maximum absolute atomic E-state index is 13.1. The Balaban J connectivity index is 1.50. The molecule has 4 rings (SSSR count). The number of nitrogens with zero attached hydrogens (tertiary/aromatic N) is 3. The Morgan fingerprint density at radius 1 is 1.24 bits per heavy atom. The molecule has 0 aliphatic carbocycles. The molecule has 1 aromatic heterocycles. The predicted molar refractivity (Wildman–Crippen MR) is 130 cm³/mol. The van der Waals surface area contributed by atoms with Crippen LogP contribution in [0.4, 0.5) is 5.95 Å². The molecule has 8 nitrogen and oxygen atoms in total. The van der Waals surface area contributed by atoms with E-state index in [0.717, 1.165) is 11.1 Å². The summed E-state index contributed by atoms with van der Waals surface area (Å²) in [5.74, 6) is -0.148. The Kier molecular flexibility index (Phi) is 7.09. The highest BCUT2D eigenvalue weighted by atomic mass is 35.5. The molecule has 2 heterocycles. The van der Waals surface area contributed by atoms with Gasteiger partial charge in [-0.2, -0.15) is 0 Å². The van der Waals surface area contributed by atoms with Crippen molar-refractivity contribution in [3.63, 3.8) is 0 Å². The number of aliphatic hydroxyl groups excluding tert-OH is 1. The second-order valence-corrected chi connectivity index (χ2v) is 8.51. The van der Waals surface area contributed by atoms with Crippen LogP contribution in [0.1, 0.15) is 40.9 Å². The molecular weight excluding hydrogens is 454 g/mol. The minimum Gasteiger partial charge on any atom is -0.391 e. The molecule has 1 aliphatic heterocycles. The normalized spacial score (nSPS) is 14.5. The summed E-state index contributed by atoms with van der Waals surface area (Å²) in [4.78, 5) is 35.9. The molecule has 34 heavy (non-hydrogen) atoms. The first-order chi connectivity index (χ1) is 16.4. The summed E-state index contributed by atoms with van der Waals surface area (Å²) in [5.41, 5.74) is 3.37. The van der Waals surface area contributed by atoms with Crippen molar-refractivity contribution in [3.05, 3.63) is 76.4 Å². The van der Waals surface area contributed by atoms with Crippen molar-refractivity contribution in [1.29, 1.82) is 0 Å². The predicted octanol–water partition coefficient (Wildman–Crippen LogP) is 3.42. The molecule has 0 radical (unpaired) electrons. The highest BCUT2D eigenvalue weighted by Crippen LogP contribution is 2.31. The van der Waals surface area contributed by atoms with Crippen molar-refractivity contribution in [3.8, 4) is 11.3 Å². The first-order valence-corrected chi connectivity index (χ1v) is 11.4. The molecule has 2 aromatic carbocycles. The lowest BCUT2D eigenvalue weighted by atomic mass is 9.99. The number of rotatable bonds is 8. The fourth-order valence-corrected chi connectivity index (χ4v) is 4.22. The standard InChI is InChI=1S/C25H26ClN5O3/c1-3-20(32)23(15-7-5-4-6-8-15)29-21(33)14-31-13-17-10-9-16(11-18(17)24(31)34)22-19(26)12-28-25(27-2)30-22/h4-12,20,23,32H,3,13-14H2,1-2H3,(H,29,33)(H,27,28,30)/t20-,23-/m0/s1. The summed E-state index contributed by atoms with van der Waals surface area (Å²) in [7, 11) is 1.71. The molecule has 1 aliphatic rings. The molecule has 3 aromatic rings. The number of hydrogen-bond acceptors (Lipinski definition) is 6. The lowest BCUT2D eigenvalue weighted by Crippen LogP contribution is -2.42. The minimum absolute atomic E-state index is 0.110. The monoisotopic (exact) mass is 479 g/mol. The summed E-state index contributed by atoms with van der Waals surface area (Å²) in [6.45, 7) is 2.07. The van der Waals surface area contributed by atoms with E-state index >= 15 is 0 Å². The van der Waals surface area contributed by atoms with Crippen LogP contribution >= 0.6 is 11.6 Å². The second-order valence-electron chi connectivity index (χ2n) is 8.10. The molecule has 0 saturated heterocycles. The number of carbonyl (C=O) groups is 2. The Labute approximate surface area is 203 Å². The van der Waals surface area contributed by atoms with E-state index in [4.69, 9.17) is 11.6 Å². The van der Waals surface area contributed by atoms with E-state index in [2.05, 4.69) is 20.6 Å². The van der Waals surface area contributed by atoms with Gasteiger partial charge in [0.1, 0.15) is 6.54 Å². The van der Waals surface area contributed by atoms with Gasteiger partial charge in [0.05, 0.1) is 29.1 Å². The van der Waals surface area contributed by atoms with Gasteiger partial charge >= 0.3 is 0 Å². The molecule has 176 valence electrons. The van der Waals surface area contributed by atoms with Gasteiger partial charge < -0.3 is 20.6 Å². The lowest BCUT2D eigenvalue weighted by Gasteiger charge is -2.25. The van der Waals surface area contributed by atoms with E-state index in [0.29, 0.717) is 40.8 Å². The number of amides is 2. The van der Waals surface area contributed by atoms with Gasteiger partial charge in [0.25, 0.3) is 5.91 Å². The lowest BCUT2D eigenvalue weighted by molar-refractivity contribution is -0.123. The van der Waals surface area contributed by atoms with Crippen LogP contribution in [0.15, 0.2) is 54.7 Å². The van der Waals surface area contributed by atoms with E-state index in [1.54, 1.807) is 13.1 Å². The molecule has 3 N–H and O–H groups in total. The molecule has 2 amide bonds. The van der Waals surface area contributed by atoms with Crippen LogP contribution in [0.5, 0.6) is 0 Å². The summed E-state index contributed by atoms with van der Waals surface area (Å²) < 4.78 is 0. The number of halogens is 1. The van der Waals surface area contributed by atoms with Crippen LogP contribution in [0.3, 0.4) is 0 Å². The molecule has 0 bridgehead atoms. The number of anilines is 1. The van der Waals surface area contributed by atoms with Crippen molar-refractivity contribution < 1.29 is 14.7 Å². The zero-order chi connectivity index (χ0) is 24.2. The van der Waals surface area contributed by atoms with Crippen molar-refractivity contribution in [2.75, 3.05) is 18.9 Å². The Hall–Kier alpha value is -3.49. The van der Waals surface area contributed by atoms with Crippen molar-refractivity contribution in [1.82, 2.24) is 20.2 Å². The Morgan fingerprint density at radius 2 is 2.00 bits per heavy atom.